The highest BCUT2D eigenvalue weighted by Gasteiger charge is 2.22. The number of amides is 1. The van der Waals surface area contributed by atoms with Crippen LogP contribution >= 0.6 is 0 Å². The number of carboxylic acids is 1. The highest BCUT2D eigenvalue weighted by atomic mass is 16.5. The van der Waals surface area contributed by atoms with E-state index in [1.54, 1.807) is 12.2 Å². The minimum atomic E-state index is -0.770. The van der Waals surface area contributed by atoms with Crippen LogP contribution in [0.3, 0.4) is 0 Å². The molecule has 1 unspecified atom stereocenters. The van der Waals surface area contributed by atoms with Crippen molar-refractivity contribution < 1.29 is 19.4 Å². The second-order valence-corrected chi connectivity index (χ2v) is 6.06. The number of ether oxygens (including phenoxy) is 1. The lowest BCUT2D eigenvalue weighted by Crippen LogP contribution is -2.39. The summed E-state index contributed by atoms with van der Waals surface area (Å²) in [6.07, 6.45) is 6.15. The molecule has 5 nitrogen and oxygen atoms in total. The maximum absolute atomic E-state index is 12.3. The predicted molar refractivity (Wildman–Crippen MR) is 92.8 cm³/mol. The molecule has 24 heavy (non-hydrogen) atoms. The lowest BCUT2D eigenvalue weighted by atomic mass is 9.93. The summed E-state index contributed by atoms with van der Waals surface area (Å²) in [5.74, 6) is 0.328. The minimum Gasteiger partial charge on any atom is -0.494 e. The fourth-order valence-corrected chi connectivity index (χ4v) is 2.94. The van der Waals surface area contributed by atoms with Crippen molar-refractivity contribution in [2.24, 2.45) is 5.92 Å². The van der Waals surface area contributed by atoms with Gasteiger partial charge in [0, 0.05) is 25.6 Å². The Bertz CT molecular complexity index is 580. The molecule has 1 saturated heterocycles. The Balaban J connectivity index is 1.87. The van der Waals surface area contributed by atoms with Gasteiger partial charge in [0.25, 0.3) is 0 Å². The normalized spacial score (nSPS) is 17.9. The van der Waals surface area contributed by atoms with Crippen molar-refractivity contribution in [3.05, 3.63) is 35.9 Å². The molecule has 1 aliphatic rings. The maximum Gasteiger partial charge on any atom is 0.303 e. The highest BCUT2D eigenvalue weighted by molar-refractivity contribution is 5.91. The van der Waals surface area contributed by atoms with Gasteiger partial charge in [0.05, 0.1) is 6.61 Å². The fourth-order valence-electron chi connectivity index (χ4n) is 2.94. The van der Waals surface area contributed by atoms with E-state index in [0.717, 1.165) is 30.7 Å². The Hall–Kier alpha value is -2.30. The molecule has 1 fully saturated rings. The molecule has 1 aromatic carbocycles. The van der Waals surface area contributed by atoms with E-state index in [0.29, 0.717) is 19.6 Å². The predicted octanol–water partition coefficient (Wildman–Crippen LogP) is 3.20. The molecular formula is C19H25NO4. The molecule has 1 aliphatic heterocycles. The summed E-state index contributed by atoms with van der Waals surface area (Å²) in [6.45, 7) is 3.97. The van der Waals surface area contributed by atoms with Crippen LogP contribution in [0, 0.1) is 5.92 Å². The summed E-state index contributed by atoms with van der Waals surface area (Å²) < 4.78 is 5.39. The molecule has 2 rings (SSSR count). The zero-order valence-electron chi connectivity index (χ0n) is 14.1. The fraction of sp³-hybridized carbons (Fsp3) is 0.474. The highest BCUT2D eigenvalue weighted by Crippen LogP contribution is 2.21. The van der Waals surface area contributed by atoms with E-state index >= 15 is 0 Å². The summed E-state index contributed by atoms with van der Waals surface area (Å²) in [7, 11) is 0. The smallest absolute Gasteiger partial charge is 0.303 e. The molecule has 130 valence electrons. The van der Waals surface area contributed by atoms with Crippen LogP contribution in [0.25, 0.3) is 6.08 Å². The third-order valence-electron chi connectivity index (χ3n) is 4.21. The van der Waals surface area contributed by atoms with Gasteiger partial charge < -0.3 is 14.7 Å². The molecule has 0 radical (unpaired) electrons. The van der Waals surface area contributed by atoms with Gasteiger partial charge in [0.2, 0.25) is 5.91 Å². The van der Waals surface area contributed by atoms with Crippen LogP contribution in [0.2, 0.25) is 0 Å². The number of hydrogen-bond acceptors (Lipinski definition) is 3. The lowest BCUT2D eigenvalue weighted by Gasteiger charge is -2.32. The Kier molecular flexibility index (Phi) is 6.85. The SMILES string of the molecule is CCOc1ccc(C=CC(=O)N2CCCC(CCC(=O)O)C2)cc1. The van der Waals surface area contributed by atoms with E-state index in [2.05, 4.69) is 0 Å². The van der Waals surface area contributed by atoms with E-state index in [4.69, 9.17) is 9.84 Å². The average Bonchev–Trinajstić information content (AvgIpc) is 2.59. The first-order chi connectivity index (χ1) is 11.6. The van der Waals surface area contributed by atoms with Crippen LogP contribution in [-0.4, -0.2) is 41.6 Å². The van der Waals surface area contributed by atoms with Crippen LogP contribution in [0.15, 0.2) is 30.3 Å². The molecule has 1 aromatic rings. The largest absolute Gasteiger partial charge is 0.494 e. The maximum atomic E-state index is 12.3. The number of carbonyl (C=O) groups is 2. The molecule has 1 atom stereocenters. The summed E-state index contributed by atoms with van der Waals surface area (Å²) >= 11 is 0. The van der Waals surface area contributed by atoms with E-state index < -0.39 is 5.97 Å². The molecule has 1 heterocycles. The van der Waals surface area contributed by atoms with Gasteiger partial charge >= 0.3 is 5.97 Å². The van der Waals surface area contributed by atoms with Crippen LogP contribution in [0.4, 0.5) is 0 Å². The minimum absolute atomic E-state index is 0.0103. The van der Waals surface area contributed by atoms with Crippen molar-refractivity contribution in [2.75, 3.05) is 19.7 Å². The van der Waals surface area contributed by atoms with Crippen molar-refractivity contribution in [3.8, 4) is 5.75 Å². The Morgan fingerprint density at radius 2 is 2.08 bits per heavy atom. The number of aliphatic carboxylic acids is 1. The standard InChI is InChI=1S/C19H25NO4/c1-2-24-17-9-5-15(6-10-17)7-11-18(21)20-13-3-4-16(14-20)8-12-19(22)23/h5-7,9-11,16H,2-4,8,12-14H2,1H3,(H,22,23). The molecule has 0 bridgehead atoms. The van der Waals surface area contributed by atoms with Gasteiger partial charge in [0.15, 0.2) is 0 Å². The molecule has 1 amide bonds. The van der Waals surface area contributed by atoms with E-state index in [1.165, 1.54) is 0 Å². The van der Waals surface area contributed by atoms with Crippen LogP contribution in [0.5, 0.6) is 5.75 Å². The number of piperidine rings is 1. The third kappa shape index (κ3) is 5.72. The number of carboxylic acid groups (broad SMARTS) is 1. The summed E-state index contributed by atoms with van der Waals surface area (Å²) in [4.78, 5) is 24.8. The number of hydrogen-bond donors (Lipinski definition) is 1. The van der Waals surface area contributed by atoms with Crippen molar-refractivity contribution in [3.63, 3.8) is 0 Å². The first kappa shape index (κ1) is 18.0. The monoisotopic (exact) mass is 331 g/mol. The zero-order valence-corrected chi connectivity index (χ0v) is 14.1. The summed E-state index contributed by atoms with van der Waals surface area (Å²) in [5.41, 5.74) is 0.950. The Morgan fingerprint density at radius 1 is 1.33 bits per heavy atom. The second kappa shape index (κ2) is 9.11. The molecule has 0 saturated carbocycles. The van der Waals surface area contributed by atoms with Crippen molar-refractivity contribution in [1.29, 1.82) is 0 Å². The van der Waals surface area contributed by atoms with Crippen LogP contribution in [-0.2, 0) is 9.59 Å². The summed E-state index contributed by atoms with van der Waals surface area (Å²) in [6, 6.07) is 7.61. The van der Waals surface area contributed by atoms with Crippen molar-refractivity contribution in [1.82, 2.24) is 4.90 Å². The number of nitrogens with zero attached hydrogens (tertiary/aromatic N) is 1. The number of benzene rings is 1. The van der Waals surface area contributed by atoms with Gasteiger partial charge in [0.1, 0.15) is 5.75 Å². The quantitative estimate of drug-likeness (QED) is 0.779. The third-order valence-corrected chi connectivity index (χ3v) is 4.21. The van der Waals surface area contributed by atoms with Crippen molar-refractivity contribution in [2.45, 2.75) is 32.6 Å². The average molecular weight is 331 g/mol. The molecule has 0 spiro atoms. The zero-order chi connectivity index (χ0) is 17.4. The first-order valence-electron chi connectivity index (χ1n) is 8.50. The van der Waals surface area contributed by atoms with Gasteiger partial charge in [-0.05, 0) is 55.9 Å². The van der Waals surface area contributed by atoms with E-state index in [-0.39, 0.29) is 18.2 Å². The van der Waals surface area contributed by atoms with Crippen molar-refractivity contribution >= 4 is 18.0 Å². The molecule has 1 N–H and O–H groups in total. The van der Waals surface area contributed by atoms with Gasteiger partial charge in [-0.2, -0.15) is 0 Å². The van der Waals surface area contributed by atoms with E-state index in [1.807, 2.05) is 36.1 Å². The first-order valence-corrected chi connectivity index (χ1v) is 8.50. The van der Waals surface area contributed by atoms with Gasteiger partial charge in [-0.25, -0.2) is 0 Å². The van der Waals surface area contributed by atoms with Gasteiger partial charge in [-0.15, -0.1) is 0 Å². The van der Waals surface area contributed by atoms with E-state index in [9.17, 15) is 9.59 Å². The summed E-state index contributed by atoms with van der Waals surface area (Å²) in [5, 5.41) is 8.78. The lowest BCUT2D eigenvalue weighted by molar-refractivity contribution is -0.137. The van der Waals surface area contributed by atoms with Gasteiger partial charge in [-0.3, -0.25) is 9.59 Å². The number of rotatable bonds is 7. The Morgan fingerprint density at radius 3 is 2.75 bits per heavy atom. The second-order valence-electron chi connectivity index (χ2n) is 6.06. The number of carbonyl (C=O) groups excluding carboxylic acids is 1. The topological polar surface area (TPSA) is 66.8 Å². The molecular weight excluding hydrogens is 306 g/mol. The van der Waals surface area contributed by atoms with Crippen LogP contribution < -0.4 is 4.74 Å². The molecule has 5 heteroatoms. The Labute approximate surface area is 142 Å². The number of likely N-dealkylation sites (tertiary alicyclic amines) is 1. The van der Waals surface area contributed by atoms with Crippen LogP contribution in [0.1, 0.15) is 38.2 Å². The molecule has 0 aromatic heterocycles. The molecule has 0 aliphatic carbocycles. The van der Waals surface area contributed by atoms with Gasteiger partial charge in [-0.1, -0.05) is 12.1 Å².